The van der Waals surface area contributed by atoms with Gasteiger partial charge in [0, 0.05) is 26.2 Å². The fourth-order valence-electron chi connectivity index (χ4n) is 2.89. The number of hydrazone groups is 1. The van der Waals surface area contributed by atoms with E-state index in [9.17, 15) is 4.79 Å². The first-order valence-corrected chi connectivity index (χ1v) is 10.7. The Morgan fingerprint density at radius 1 is 1.24 bits per heavy atom. The monoisotopic (exact) mass is 520 g/mol. The van der Waals surface area contributed by atoms with Gasteiger partial charge in [0.05, 0.1) is 11.9 Å². The van der Waals surface area contributed by atoms with Crippen LogP contribution in [-0.2, 0) is 6.61 Å². The summed E-state index contributed by atoms with van der Waals surface area (Å²) < 4.78 is 11.5. The second-order valence-electron chi connectivity index (χ2n) is 6.78. The number of hydrogen-bond acceptors (Lipinski definition) is 9. The van der Waals surface area contributed by atoms with Crippen molar-refractivity contribution < 1.29 is 14.2 Å². The minimum absolute atomic E-state index is 0.0264. The van der Waals surface area contributed by atoms with Gasteiger partial charge in [-0.25, -0.2) is 10.1 Å². The largest absolute Gasteiger partial charge is 0.488 e. The normalized spacial score (nSPS) is 11.2. The third-order valence-electron chi connectivity index (χ3n) is 4.53. The van der Waals surface area contributed by atoms with Gasteiger partial charge in [0.25, 0.3) is 5.91 Å². The Balaban J connectivity index is 1.52. The van der Waals surface area contributed by atoms with Crippen molar-refractivity contribution in [2.45, 2.75) is 13.5 Å². The van der Waals surface area contributed by atoms with E-state index in [1.165, 1.54) is 6.21 Å². The molecule has 174 valence electrons. The molecule has 2 aromatic carbocycles. The molecule has 3 N–H and O–H groups in total. The number of halogens is 3. The van der Waals surface area contributed by atoms with Crippen LogP contribution < -0.4 is 15.9 Å². The standard InChI is InChI=1S/C20H15Cl3N8O3/c1-10-17(31(30-26-10)19-18(24)28-34-29-19)20(32)27-25-8-11-7-12(21)5-6-16(11)33-9-13-14(22)3-2-4-15(13)23/h2-8H,9H2,1H3,(H2,24,28)(H,27,32)/b25-8-. The highest BCUT2D eigenvalue weighted by molar-refractivity contribution is 6.36. The number of carbonyl (C=O) groups excluding carboxylic acids is 1. The molecule has 34 heavy (non-hydrogen) atoms. The van der Waals surface area contributed by atoms with E-state index in [2.05, 4.69) is 35.8 Å². The molecule has 0 spiro atoms. The summed E-state index contributed by atoms with van der Waals surface area (Å²) in [5.41, 5.74) is 9.60. The zero-order valence-electron chi connectivity index (χ0n) is 17.4. The van der Waals surface area contributed by atoms with E-state index < -0.39 is 5.91 Å². The zero-order valence-corrected chi connectivity index (χ0v) is 19.6. The lowest BCUT2D eigenvalue weighted by Gasteiger charge is -2.12. The lowest BCUT2D eigenvalue weighted by atomic mass is 10.2. The fraction of sp³-hybridized carbons (Fsp3) is 0.100. The Morgan fingerprint density at radius 3 is 2.71 bits per heavy atom. The van der Waals surface area contributed by atoms with Crippen molar-refractivity contribution in [3.63, 3.8) is 0 Å². The van der Waals surface area contributed by atoms with Crippen molar-refractivity contribution >= 4 is 52.7 Å². The molecule has 0 saturated carbocycles. The first kappa shape index (κ1) is 23.5. The summed E-state index contributed by atoms with van der Waals surface area (Å²) in [6.07, 6.45) is 1.38. The van der Waals surface area contributed by atoms with E-state index in [1.54, 1.807) is 43.3 Å². The summed E-state index contributed by atoms with van der Waals surface area (Å²) in [5.74, 6) is -0.198. The molecule has 1 amide bonds. The number of ether oxygens (including phenoxy) is 1. The molecule has 4 rings (SSSR count). The molecule has 0 aliphatic heterocycles. The molecule has 11 nitrogen and oxygen atoms in total. The molecule has 0 unspecified atom stereocenters. The van der Waals surface area contributed by atoms with Crippen LogP contribution in [0.3, 0.4) is 0 Å². The number of benzene rings is 2. The lowest BCUT2D eigenvalue weighted by Crippen LogP contribution is -2.23. The average Bonchev–Trinajstić information content (AvgIpc) is 3.39. The van der Waals surface area contributed by atoms with E-state index in [-0.39, 0.29) is 23.9 Å². The summed E-state index contributed by atoms with van der Waals surface area (Å²) in [6.45, 7) is 1.71. The first-order chi connectivity index (χ1) is 16.3. The van der Waals surface area contributed by atoms with E-state index in [4.69, 9.17) is 45.3 Å². The summed E-state index contributed by atoms with van der Waals surface area (Å²) in [5, 5.41) is 20.2. The second-order valence-corrected chi connectivity index (χ2v) is 8.03. The van der Waals surface area contributed by atoms with E-state index in [0.717, 1.165) is 4.68 Å². The Labute approximate surface area is 207 Å². The number of rotatable bonds is 7. The maximum atomic E-state index is 12.7. The molecule has 0 bridgehead atoms. The minimum atomic E-state index is -0.617. The van der Waals surface area contributed by atoms with Crippen molar-refractivity contribution in [2.75, 3.05) is 5.73 Å². The van der Waals surface area contributed by atoms with Gasteiger partial charge in [0.1, 0.15) is 12.4 Å². The minimum Gasteiger partial charge on any atom is -0.488 e. The molecule has 0 atom stereocenters. The second kappa shape index (κ2) is 10.1. The summed E-state index contributed by atoms with van der Waals surface area (Å²) in [7, 11) is 0. The van der Waals surface area contributed by atoms with Crippen molar-refractivity contribution in [1.29, 1.82) is 0 Å². The number of nitrogen functional groups attached to an aromatic ring is 1. The molecule has 0 aliphatic carbocycles. The van der Waals surface area contributed by atoms with Crippen LogP contribution in [-0.4, -0.2) is 37.4 Å². The molecule has 2 heterocycles. The van der Waals surface area contributed by atoms with Gasteiger partial charge in [0.15, 0.2) is 5.69 Å². The summed E-state index contributed by atoms with van der Waals surface area (Å²) in [4.78, 5) is 12.7. The lowest BCUT2D eigenvalue weighted by molar-refractivity contribution is 0.0946. The van der Waals surface area contributed by atoms with Crippen molar-refractivity contribution in [3.05, 3.63) is 74.0 Å². The van der Waals surface area contributed by atoms with Crippen molar-refractivity contribution in [2.24, 2.45) is 5.10 Å². The van der Waals surface area contributed by atoms with Crippen LogP contribution >= 0.6 is 34.8 Å². The predicted octanol–water partition coefficient (Wildman–Crippen LogP) is 3.84. The van der Waals surface area contributed by atoms with Gasteiger partial charge in [-0.2, -0.15) is 9.78 Å². The van der Waals surface area contributed by atoms with E-state index >= 15 is 0 Å². The smallest absolute Gasteiger partial charge is 0.292 e. The Morgan fingerprint density at radius 2 is 2.00 bits per heavy atom. The molecule has 0 fully saturated rings. The fourth-order valence-corrected chi connectivity index (χ4v) is 3.58. The van der Waals surface area contributed by atoms with Crippen LogP contribution in [0.4, 0.5) is 5.82 Å². The van der Waals surface area contributed by atoms with Gasteiger partial charge in [-0.1, -0.05) is 46.1 Å². The molecule has 14 heteroatoms. The molecular weight excluding hydrogens is 507 g/mol. The van der Waals surface area contributed by atoms with Gasteiger partial charge < -0.3 is 10.5 Å². The van der Waals surface area contributed by atoms with Crippen LogP contribution in [0.15, 0.2) is 46.1 Å². The van der Waals surface area contributed by atoms with Crippen LogP contribution in [0.25, 0.3) is 5.82 Å². The summed E-state index contributed by atoms with van der Waals surface area (Å²) >= 11 is 18.5. The number of anilines is 1. The number of nitrogens with one attached hydrogen (secondary N) is 1. The molecule has 2 aromatic heterocycles. The number of carbonyl (C=O) groups is 1. The third-order valence-corrected chi connectivity index (χ3v) is 5.47. The molecule has 0 radical (unpaired) electrons. The van der Waals surface area contributed by atoms with Gasteiger partial charge in [-0.15, -0.1) is 5.10 Å². The van der Waals surface area contributed by atoms with Crippen LogP contribution in [0.1, 0.15) is 27.3 Å². The van der Waals surface area contributed by atoms with E-state index in [1.807, 2.05) is 0 Å². The zero-order chi connectivity index (χ0) is 24.2. The predicted molar refractivity (Wildman–Crippen MR) is 126 cm³/mol. The summed E-state index contributed by atoms with van der Waals surface area (Å²) in [6, 6.07) is 10.1. The van der Waals surface area contributed by atoms with Gasteiger partial charge in [-0.3, -0.25) is 4.79 Å². The highest BCUT2D eigenvalue weighted by Gasteiger charge is 2.22. The maximum absolute atomic E-state index is 12.7. The SMILES string of the molecule is Cc1nnn(-c2nonc2N)c1C(=O)N/N=C\c1cc(Cl)ccc1OCc1c(Cl)cccc1Cl. The highest BCUT2D eigenvalue weighted by Crippen LogP contribution is 2.28. The molecular formula is C20H15Cl3N8O3. The third kappa shape index (κ3) is 4.96. The topological polar surface area (TPSA) is 146 Å². The van der Waals surface area contributed by atoms with E-state index in [0.29, 0.717) is 37.6 Å². The number of aromatic nitrogens is 5. The first-order valence-electron chi connectivity index (χ1n) is 9.54. The van der Waals surface area contributed by atoms with Crippen LogP contribution in [0, 0.1) is 6.92 Å². The number of hydrogen-bond donors (Lipinski definition) is 2. The van der Waals surface area contributed by atoms with Crippen LogP contribution in [0.2, 0.25) is 15.1 Å². The quantitative estimate of drug-likeness (QED) is 0.275. The maximum Gasteiger partial charge on any atom is 0.292 e. The molecule has 0 saturated heterocycles. The van der Waals surface area contributed by atoms with Gasteiger partial charge in [-0.05, 0) is 47.6 Å². The highest BCUT2D eigenvalue weighted by atomic mass is 35.5. The molecule has 0 aliphatic rings. The number of aryl methyl sites for hydroxylation is 1. The Bertz CT molecular complexity index is 1370. The number of amides is 1. The van der Waals surface area contributed by atoms with Crippen molar-refractivity contribution in [3.8, 4) is 11.6 Å². The van der Waals surface area contributed by atoms with Crippen molar-refractivity contribution in [1.82, 2.24) is 30.7 Å². The van der Waals surface area contributed by atoms with Crippen LogP contribution in [0.5, 0.6) is 5.75 Å². The average molecular weight is 522 g/mol. The van der Waals surface area contributed by atoms with Gasteiger partial charge >= 0.3 is 0 Å². The Kier molecular flexibility index (Phi) is 6.96. The number of nitrogens with zero attached hydrogens (tertiary/aromatic N) is 6. The van der Waals surface area contributed by atoms with Gasteiger partial charge in [0.2, 0.25) is 11.6 Å². The molecule has 4 aromatic rings. The number of nitrogens with two attached hydrogens (primary N) is 1. The Hall–Kier alpha value is -3.67.